The molecule has 3 rings (SSSR count). The highest BCUT2D eigenvalue weighted by atomic mass is 16.5. The summed E-state index contributed by atoms with van der Waals surface area (Å²) >= 11 is 0. The third-order valence-electron chi connectivity index (χ3n) is 4.91. The summed E-state index contributed by atoms with van der Waals surface area (Å²) in [5.74, 6) is 1.21. The average molecular weight is 380 g/mol. The van der Waals surface area contributed by atoms with Gasteiger partial charge in [-0.05, 0) is 48.7 Å². The van der Waals surface area contributed by atoms with E-state index in [0.717, 1.165) is 30.0 Å². The Labute approximate surface area is 167 Å². The molecule has 1 fully saturated rings. The number of rotatable bonds is 6. The lowest BCUT2D eigenvalue weighted by molar-refractivity contribution is -0.111. The predicted molar refractivity (Wildman–Crippen MR) is 114 cm³/mol. The van der Waals surface area contributed by atoms with Gasteiger partial charge in [0.1, 0.15) is 11.5 Å². The molecule has 1 aliphatic rings. The number of ether oxygens (including phenoxy) is 2. The van der Waals surface area contributed by atoms with Gasteiger partial charge < -0.3 is 19.7 Å². The van der Waals surface area contributed by atoms with Crippen molar-refractivity contribution in [2.24, 2.45) is 0 Å². The number of para-hydroxylation sites is 2. The van der Waals surface area contributed by atoms with Crippen LogP contribution in [0.25, 0.3) is 6.08 Å². The minimum Gasteiger partial charge on any atom is -0.497 e. The molecule has 0 spiro atoms. The second-order valence-electron chi connectivity index (χ2n) is 6.89. The van der Waals surface area contributed by atoms with Crippen LogP contribution in [0.5, 0.6) is 11.5 Å². The van der Waals surface area contributed by atoms with Crippen molar-refractivity contribution in [1.29, 1.82) is 0 Å². The number of methoxy groups -OCH3 is 2. The van der Waals surface area contributed by atoms with Crippen LogP contribution < -0.4 is 19.7 Å². The molecule has 2 aromatic carbocycles. The number of carbonyl (C=O) groups is 1. The first kappa shape index (κ1) is 19.8. The summed E-state index contributed by atoms with van der Waals surface area (Å²) in [7, 11) is 3.21. The third-order valence-corrected chi connectivity index (χ3v) is 4.91. The topological polar surface area (TPSA) is 50.8 Å². The Kier molecular flexibility index (Phi) is 6.95. The SMILES string of the molecule is COc1cc(/C=C/C(=O)Nc2ccccc2N2CCCCCC2)cc(OC)c1. The molecule has 1 saturated heterocycles. The Morgan fingerprint density at radius 1 is 0.964 bits per heavy atom. The predicted octanol–water partition coefficient (Wildman–Crippen LogP) is 4.74. The summed E-state index contributed by atoms with van der Waals surface area (Å²) in [5, 5.41) is 3.03. The first-order valence-corrected chi connectivity index (χ1v) is 9.76. The van der Waals surface area contributed by atoms with Crippen molar-refractivity contribution in [1.82, 2.24) is 0 Å². The van der Waals surface area contributed by atoms with E-state index in [2.05, 4.69) is 16.3 Å². The van der Waals surface area contributed by atoms with Crippen LogP contribution in [0.3, 0.4) is 0 Å². The van der Waals surface area contributed by atoms with Gasteiger partial charge in [-0.3, -0.25) is 4.79 Å². The standard InChI is InChI=1S/C23H28N2O3/c1-27-19-15-18(16-20(17-19)28-2)11-12-23(26)24-21-9-5-6-10-22(21)25-13-7-3-4-8-14-25/h5-6,9-12,15-17H,3-4,7-8,13-14H2,1-2H3,(H,24,26)/b12-11+. The van der Waals surface area contributed by atoms with Crippen LogP contribution in [0.2, 0.25) is 0 Å². The van der Waals surface area contributed by atoms with Crippen molar-refractivity contribution in [3.8, 4) is 11.5 Å². The first-order valence-electron chi connectivity index (χ1n) is 9.76. The van der Waals surface area contributed by atoms with Crippen molar-refractivity contribution in [3.63, 3.8) is 0 Å². The highest BCUT2D eigenvalue weighted by Crippen LogP contribution is 2.28. The Morgan fingerprint density at radius 3 is 2.25 bits per heavy atom. The maximum atomic E-state index is 12.5. The fourth-order valence-electron chi connectivity index (χ4n) is 3.44. The van der Waals surface area contributed by atoms with Gasteiger partial charge in [-0.1, -0.05) is 25.0 Å². The lowest BCUT2D eigenvalue weighted by Gasteiger charge is -2.25. The summed E-state index contributed by atoms with van der Waals surface area (Å²) in [5.41, 5.74) is 2.78. The summed E-state index contributed by atoms with van der Waals surface area (Å²) in [6.45, 7) is 2.07. The van der Waals surface area contributed by atoms with Crippen LogP contribution >= 0.6 is 0 Å². The van der Waals surface area contributed by atoms with Gasteiger partial charge in [-0.25, -0.2) is 0 Å². The van der Waals surface area contributed by atoms with Crippen molar-refractivity contribution < 1.29 is 14.3 Å². The molecule has 2 aromatic rings. The molecule has 5 nitrogen and oxygen atoms in total. The number of nitrogens with zero attached hydrogens (tertiary/aromatic N) is 1. The largest absolute Gasteiger partial charge is 0.497 e. The molecule has 0 saturated carbocycles. The number of amides is 1. The molecular weight excluding hydrogens is 352 g/mol. The van der Waals surface area contributed by atoms with Crippen molar-refractivity contribution in [2.45, 2.75) is 25.7 Å². The van der Waals surface area contributed by atoms with E-state index in [-0.39, 0.29) is 5.91 Å². The molecule has 0 unspecified atom stereocenters. The minimum absolute atomic E-state index is 0.163. The monoisotopic (exact) mass is 380 g/mol. The molecule has 1 amide bonds. The van der Waals surface area contributed by atoms with E-state index in [1.807, 2.05) is 30.3 Å². The van der Waals surface area contributed by atoms with E-state index in [0.29, 0.717) is 11.5 Å². The van der Waals surface area contributed by atoms with Crippen molar-refractivity contribution >= 4 is 23.4 Å². The van der Waals surface area contributed by atoms with Crippen molar-refractivity contribution in [2.75, 3.05) is 37.5 Å². The van der Waals surface area contributed by atoms with Gasteiger partial charge in [0.05, 0.1) is 25.6 Å². The molecular formula is C23H28N2O3. The van der Waals surface area contributed by atoms with Crippen LogP contribution in [-0.2, 0) is 4.79 Å². The Bertz CT molecular complexity index is 802. The number of nitrogens with one attached hydrogen (secondary N) is 1. The maximum absolute atomic E-state index is 12.5. The minimum atomic E-state index is -0.163. The summed E-state index contributed by atoms with van der Waals surface area (Å²) in [6, 6.07) is 13.5. The summed E-state index contributed by atoms with van der Waals surface area (Å²) in [4.78, 5) is 14.9. The van der Waals surface area contributed by atoms with Gasteiger partial charge in [0.25, 0.3) is 0 Å². The second kappa shape index (κ2) is 9.83. The zero-order chi connectivity index (χ0) is 19.8. The molecule has 0 bridgehead atoms. The van der Waals surface area contributed by atoms with E-state index in [1.165, 1.54) is 31.8 Å². The average Bonchev–Trinajstić information content (AvgIpc) is 3.02. The number of hydrogen-bond acceptors (Lipinski definition) is 4. The number of benzene rings is 2. The number of anilines is 2. The lowest BCUT2D eigenvalue weighted by atomic mass is 10.2. The number of carbonyl (C=O) groups excluding carboxylic acids is 1. The highest BCUT2D eigenvalue weighted by Gasteiger charge is 2.14. The van der Waals surface area contributed by atoms with E-state index < -0.39 is 0 Å². The smallest absolute Gasteiger partial charge is 0.248 e. The zero-order valence-electron chi connectivity index (χ0n) is 16.6. The van der Waals surface area contributed by atoms with Crippen molar-refractivity contribution in [3.05, 3.63) is 54.1 Å². The fraction of sp³-hybridized carbons (Fsp3) is 0.348. The van der Waals surface area contributed by atoms with E-state index in [1.54, 1.807) is 26.4 Å². The molecule has 0 atom stereocenters. The lowest BCUT2D eigenvalue weighted by Crippen LogP contribution is -2.25. The van der Waals surface area contributed by atoms with Crippen LogP contribution in [-0.4, -0.2) is 33.2 Å². The maximum Gasteiger partial charge on any atom is 0.248 e. The fourth-order valence-corrected chi connectivity index (χ4v) is 3.44. The quantitative estimate of drug-likeness (QED) is 0.736. The second-order valence-corrected chi connectivity index (χ2v) is 6.89. The van der Waals surface area contributed by atoms with Crippen LogP contribution in [0, 0.1) is 0 Å². The molecule has 0 radical (unpaired) electrons. The Balaban J connectivity index is 1.72. The normalized spacial score (nSPS) is 14.6. The Hall–Kier alpha value is -2.95. The van der Waals surface area contributed by atoms with Gasteiger partial charge in [-0.15, -0.1) is 0 Å². The van der Waals surface area contributed by atoms with Gasteiger partial charge in [-0.2, -0.15) is 0 Å². The Morgan fingerprint density at radius 2 is 1.61 bits per heavy atom. The molecule has 0 aromatic heterocycles. The molecule has 1 aliphatic heterocycles. The summed E-state index contributed by atoms with van der Waals surface area (Å²) in [6.07, 6.45) is 8.23. The zero-order valence-corrected chi connectivity index (χ0v) is 16.6. The third kappa shape index (κ3) is 5.28. The molecule has 28 heavy (non-hydrogen) atoms. The molecule has 1 N–H and O–H groups in total. The van der Waals surface area contributed by atoms with Crippen LogP contribution in [0.4, 0.5) is 11.4 Å². The highest BCUT2D eigenvalue weighted by molar-refractivity contribution is 6.03. The summed E-state index contributed by atoms with van der Waals surface area (Å²) < 4.78 is 10.5. The van der Waals surface area contributed by atoms with Crippen LogP contribution in [0.1, 0.15) is 31.2 Å². The van der Waals surface area contributed by atoms with Gasteiger partial charge in [0.2, 0.25) is 5.91 Å². The molecule has 1 heterocycles. The van der Waals surface area contributed by atoms with E-state index in [9.17, 15) is 4.79 Å². The van der Waals surface area contributed by atoms with Crippen LogP contribution in [0.15, 0.2) is 48.5 Å². The molecule has 0 aliphatic carbocycles. The van der Waals surface area contributed by atoms with E-state index >= 15 is 0 Å². The number of hydrogen-bond donors (Lipinski definition) is 1. The van der Waals surface area contributed by atoms with Gasteiger partial charge in [0.15, 0.2) is 0 Å². The van der Waals surface area contributed by atoms with Gasteiger partial charge in [0, 0.05) is 25.2 Å². The van der Waals surface area contributed by atoms with E-state index in [4.69, 9.17) is 9.47 Å². The molecule has 148 valence electrons. The first-order chi connectivity index (χ1) is 13.7. The molecule has 5 heteroatoms. The van der Waals surface area contributed by atoms with Gasteiger partial charge >= 0.3 is 0 Å².